The quantitative estimate of drug-likeness (QED) is 0.593. The number of aldehydes is 1. The van der Waals surface area contributed by atoms with Crippen LogP contribution in [0.25, 0.3) is 0 Å². The van der Waals surface area contributed by atoms with Gasteiger partial charge in [-0.3, -0.25) is 4.79 Å². The summed E-state index contributed by atoms with van der Waals surface area (Å²) in [5.41, 5.74) is 0.504. The molecule has 2 heterocycles. The number of nitrogens with zero attached hydrogens (tertiary/aromatic N) is 2. The predicted octanol–water partition coefficient (Wildman–Crippen LogP) is 1.55. The van der Waals surface area contributed by atoms with Gasteiger partial charge >= 0.3 is 0 Å². The van der Waals surface area contributed by atoms with Gasteiger partial charge < -0.3 is 9.88 Å². The summed E-state index contributed by atoms with van der Waals surface area (Å²) in [6.45, 7) is 1.96. The molecular formula is C9H11N3OS. The lowest BCUT2D eigenvalue weighted by atomic mass is 10.3. The van der Waals surface area contributed by atoms with Gasteiger partial charge in [0.05, 0.1) is 11.9 Å². The summed E-state index contributed by atoms with van der Waals surface area (Å²) >= 11 is 4.99. The standard InChI is InChI=1S/C9H11N3OS/c13-5-7-8(10-6-11-9(7)14)12-3-1-2-4-12/h5-6H,1-4H2,(H,10,11,14). The lowest BCUT2D eigenvalue weighted by Crippen LogP contribution is -2.21. The Bertz CT molecular complexity index is 395. The fourth-order valence-electron chi connectivity index (χ4n) is 1.71. The Hall–Kier alpha value is -1.23. The van der Waals surface area contributed by atoms with Crippen molar-refractivity contribution in [3.8, 4) is 0 Å². The van der Waals surface area contributed by atoms with Crippen molar-refractivity contribution in [2.24, 2.45) is 0 Å². The number of anilines is 1. The van der Waals surface area contributed by atoms with Crippen LogP contribution in [0.15, 0.2) is 6.33 Å². The first kappa shape index (κ1) is 9.33. The van der Waals surface area contributed by atoms with Crippen LogP contribution in [0.3, 0.4) is 0 Å². The first-order valence-corrected chi connectivity index (χ1v) is 5.01. The second-order valence-corrected chi connectivity index (χ2v) is 3.67. The van der Waals surface area contributed by atoms with Crippen LogP contribution in [0.1, 0.15) is 23.2 Å². The van der Waals surface area contributed by atoms with Gasteiger partial charge in [0.25, 0.3) is 0 Å². The maximum atomic E-state index is 10.9. The number of aromatic nitrogens is 2. The molecule has 0 aromatic carbocycles. The Balaban J connectivity index is 2.45. The molecule has 74 valence electrons. The van der Waals surface area contributed by atoms with Gasteiger partial charge in [-0.25, -0.2) is 4.98 Å². The molecule has 5 heteroatoms. The van der Waals surface area contributed by atoms with Gasteiger partial charge in [-0.2, -0.15) is 0 Å². The second kappa shape index (κ2) is 3.88. The van der Waals surface area contributed by atoms with Crippen molar-refractivity contribution in [2.45, 2.75) is 12.8 Å². The normalized spacial score (nSPS) is 15.9. The zero-order chi connectivity index (χ0) is 9.97. The monoisotopic (exact) mass is 209 g/mol. The van der Waals surface area contributed by atoms with Crippen LogP contribution >= 0.6 is 12.2 Å². The maximum absolute atomic E-state index is 10.9. The van der Waals surface area contributed by atoms with Gasteiger partial charge in [-0.05, 0) is 12.8 Å². The minimum atomic E-state index is 0.376. The second-order valence-electron chi connectivity index (χ2n) is 3.28. The molecule has 1 N–H and O–H groups in total. The average Bonchev–Trinajstić information content (AvgIpc) is 2.70. The van der Waals surface area contributed by atoms with Crippen molar-refractivity contribution in [3.05, 3.63) is 16.5 Å². The molecule has 0 saturated carbocycles. The topological polar surface area (TPSA) is 49.0 Å². The van der Waals surface area contributed by atoms with Crippen molar-refractivity contribution < 1.29 is 4.79 Å². The summed E-state index contributed by atoms with van der Waals surface area (Å²) in [6, 6.07) is 0. The summed E-state index contributed by atoms with van der Waals surface area (Å²) < 4.78 is 0.376. The molecule has 0 amide bonds. The van der Waals surface area contributed by atoms with Gasteiger partial charge in [0.15, 0.2) is 6.29 Å². The van der Waals surface area contributed by atoms with Crippen molar-refractivity contribution in [3.63, 3.8) is 0 Å². The molecule has 1 aromatic rings. The third kappa shape index (κ3) is 1.55. The van der Waals surface area contributed by atoms with E-state index in [0.29, 0.717) is 10.2 Å². The SMILES string of the molecule is O=Cc1c(N2CCCC2)[nH]cnc1=S. The summed E-state index contributed by atoms with van der Waals surface area (Å²) in [4.78, 5) is 19.9. The van der Waals surface area contributed by atoms with Crippen molar-refractivity contribution in [2.75, 3.05) is 18.0 Å². The van der Waals surface area contributed by atoms with Crippen LogP contribution in [0.5, 0.6) is 0 Å². The summed E-state index contributed by atoms with van der Waals surface area (Å²) in [7, 11) is 0. The lowest BCUT2D eigenvalue weighted by molar-refractivity contribution is 0.112. The highest BCUT2D eigenvalue weighted by Gasteiger charge is 2.16. The molecule has 0 spiro atoms. The lowest BCUT2D eigenvalue weighted by Gasteiger charge is -2.18. The number of carbonyl (C=O) groups excluding carboxylic acids is 1. The van der Waals surface area contributed by atoms with E-state index in [0.717, 1.165) is 25.2 Å². The Morgan fingerprint density at radius 1 is 1.50 bits per heavy atom. The molecule has 14 heavy (non-hydrogen) atoms. The molecule has 0 bridgehead atoms. The van der Waals surface area contributed by atoms with Crippen molar-refractivity contribution in [1.29, 1.82) is 0 Å². The van der Waals surface area contributed by atoms with Gasteiger partial charge in [-0.15, -0.1) is 0 Å². The highest BCUT2D eigenvalue weighted by molar-refractivity contribution is 7.71. The molecule has 1 fully saturated rings. The molecule has 0 radical (unpaired) electrons. The van der Waals surface area contributed by atoms with Crippen LogP contribution in [0.4, 0.5) is 5.82 Å². The molecular weight excluding hydrogens is 198 g/mol. The smallest absolute Gasteiger partial charge is 0.156 e. The van der Waals surface area contributed by atoms with E-state index in [4.69, 9.17) is 12.2 Å². The largest absolute Gasteiger partial charge is 0.357 e. The van der Waals surface area contributed by atoms with Crippen LogP contribution in [0, 0.1) is 4.64 Å². The van der Waals surface area contributed by atoms with Crippen molar-refractivity contribution in [1.82, 2.24) is 9.97 Å². The van der Waals surface area contributed by atoms with Crippen LogP contribution in [-0.4, -0.2) is 29.3 Å². The maximum Gasteiger partial charge on any atom is 0.156 e. The van der Waals surface area contributed by atoms with Gasteiger partial charge in [-0.1, -0.05) is 12.2 Å². The summed E-state index contributed by atoms with van der Waals surface area (Å²) in [6.07, 6.45) is 4.66. The fraction of sp³-hybridized carbons (Fsp3) is 0.444. The van der Waals surface area contributed by atoms with Crippen molar-refractivity contribution >= 4 is 24.3 Å². The first-order valence-electron chi connectivity index (χ1n) is 4.61. The van der Waals surface area contributed by atoms with Gasteiger partial charge in [0.1, 0.15) is 10.5 Å². The minimum absolute atomic E-state index is 0.376. The van der Waals surface area contributed by atoms with E-state index in [1.807, 2.05) is 0 Å². The summed E-state index contributed by atoms with van der Waals surface area (Å²) in [5, 5.41) is 0. The molecule has 1 saturated heterocycles. The van der Waals surface area contributed by atoms with Crippen LogP contribution in [0.2, 0.25) is 0 Å². The van der Waals surface area contributed by atoms with E-state index in [1.165, 1.54) is 12.8 Å². The van der Waals surface area contributed by atoms with E-state index in [1.54, 1.807) is 6.33 Å². The van der Waals surface area contributed by atoms with Crippen LogP contribution in [-0.2, 0) is 0 Å². The Kier molecular flexibility index (Phi) is 2.58. The number of H-pyrrole nitrogens is 1. The molecule has 4 nitrogen and oxygen atoms in total. The van der Waals surface area contributed by atoms with Crippen LogP contribution < -0.4 is 4.90 Å². The number of aromatic amines is 1. The number of nitrogens with one attached hydrogen (secondary N) is 1. The number of hydrogen-bond donors (Lipinski definition) is 1. The molecule has 0 atom stereocenters. The Labute approximate surface area is 87.0 Å². The van der Waals surface area contributed by atoms with Gasteiger partial charge in [0, 0.05) is 13.1 Å². The molecule has 0 unspecified atom stereocenters. The van der Waals surface area contributed by atoms with Gasteiger partial charge in [0.2, 0.25) is 0 Å². The molecule has 2 rings (SSSR count). The fourth-order valence-corrected chi connectivity index (χ4v) is 1.91. The Morgan fingerprint density at radius 2 is 2.21 bits per heavy atom. The highest BCUT2D eigenvalue weighted by Crippen LogP contribution is 2.20. The highest BCUT2D eigenvalue weighted by atomic mass is 32.1. The minimum Gasteiger partial charge on any atom is -0.357 e. The van der Waals surface area contributed by atoms with E-state index in [-0.39, 0.29) is 0 Å². The average molecular weight is 209 g/mol. The van der Waals surface area contributed by atoms with E-state index in [9.17, 15) is 4.79 Å². The third-order valence-corrected chi connectivity index (χ3v) is 2.73. The Morgan fingerprint density at radius 3 is 2.86 bits per heavy atom. The molecule has 1 aromatic heterocycles. The zero-order valence-electron chi connectivity index (χ0n) is 7.69. The summed E-state index contributed by atoms with van der Waals surface area (Å²) in [5.74, 6) is 0.817. The predicted molar refractivity (Wildman–Crippen MR) is 56.3 cm³/mol. The third-order valence-electron chi connectivity index (χ3n) is 2.41. The van der Waals surface area contributed by atoms with E-state index >= 15 is 0 Å². The zero-order valence-corrected chi connectivity index (χ0v) is 8.51. The molecule has 1 aliphatic heterocycles. The number of rotatable bonds is 2. The molecule has 1 aliphatic rings. The molecule has 0 aliphatic carbocycles. The number of carbonyl (C=O) groups is 1. The first-order chi connectivity index (χ1) is 6.83. The van der Waals surface area contributed by atoms with E-state index in [2.05, 4.69) is 14.9 Å². The number of hydrogen-bond acceptors (Lipinski definition) is 4. The van der Waals surface area contributed by atoms with E-state index < -0.39 is 0 Å².